The topological polar surface area (TPSA) is 158 Å². The Balaban J connectivity index is 0.000000150. The number of H-pyrrole nitrogens is 2. The molecule has 0 aliphatic rings. The molecule has 8 aromatic rings. The van der Waals surface area contributed by atoms with Crippen LogP contribution < -0.4 is 0 Å². The van der Waals surface area contributed by atoms with Gasteiger partial charge in [-0.15, -0.1) is 0 Å². The fraction of sp³-hybridized carbons (Fsp3) is 0.0833. The Morgan fingerprint density at radius 1 is 0.574 bits per heavy atom. The second-order valence-electron chi connectivity index (χ2n) is 10.9. The van der Waals surface area contributed by atoms with E-state index >= 15 is 0 Å². The number of nitriles is 1. The van der Waals surface area contributed by atoms with E-state index in [-0.39, 0.29) is 0 Å². The van der Waals surface area contributed by atoms with E-state index in [9.17, 15) is 0 Å². The number of rotatable bonds is 4. The van der Waals surface area contributed by atoms with E-state index in [1.54, 1.807) is 12.3 Å². The number of hydrogen-bond donors (Lipinski definition) is 2. The van der Waals surface area contributed by atoms with Crippen LogP contribution in [0.4, 0.5) is 0 Å². The number of fused-ring (bicyclic) bond motifs is 2. The molecule has 2 N–H and O–H groups in total. The lowest BCUT2D eigenvalue weighted by atomic mass is 10.1. The maximum Gasteiger partial charge on any atom is 0.180 e. The molecule has 0 fully saturated rings. The van der Waals surface area contributed by atoms with Crippen molar-refractivity contribution in [3.63, 3.8) is 0 Å². The standard InChI is InChI=1S/C18H12N6.C18H15N5/c1-11-3-2-4-15(22-11)18-23-16(14-5-6-21-17(14)24-18)13-7-12(8-19)9-20-10-13;1-11-8-13(10-19-9-11)16-14-6-7-20-17(14)23-18(22-16)15-5-3-4-12(2)21-15/h2-7,9-10H,1H3,(H,21,23,24);3-10H,1-2H3,(H,20,22,23). The second-order valence-corrected chi connectivity index (χ2v) is 10.9. The Bertz CT molecular complexity index is 2430. The van der Waals surface area contributed by atoms with Crippen LogP contribution >= 0.6 is 0 Å². The number of nitrogens with one attached hydrogen (secondary N) is 2. The Morgan fingerprint density at radius 2 is 1.11 bits per heavy atom. The van der Waals surface area contributed by atoms with Gasteiger partial charge in [-0.25, -0.2) is 29.9 Å². The Kier molecular flexibility index (Phi) is 7.65. The molecule has 47 heavy (non-hydrogen) atoms. The SMILES string of the molecule is Cc1cccc(-c2nc(-c3cncc(C#N)c3)c3cc[nH]c3n2)n1.Cc1cncc(-c2nc(-c3cccc(C)n3)nc3[nH]ccc23)c1. The predicted octanol–water partition coefficient (Wildman–Crippen LogP) is 6.96. The highest BCUT2D eigenvalue weighted by Gasteiger charge is 2.15. The zero-order valence-electron chi connectivity index (χ0n) is 25.8. The largest absolute Gasteiger partial charge is 0.346 e. The van der Waals surface area contributed by atoms with Crippen molar-refractivity contribution in [2.75, 3.05) is 0 Å². The van der Waals surface area contributed by atoms with Gasteiger partial charge in [-0.3, -0.25) is 9.97 Å². The maximum atomic E-state index is 9.11. The summed E-state index contributed by atoms with van der Waals surface area (Å²) in [7, 11) is 0. The molecule has 0 saturated carbocycles. The zero-order valence-corrected chi connectivity index (χ0v) is 25.8. The molecular formula is C36H27N11. The minimum Gasteiger partial charge on any atom is -0.346 e. The molecule has 0 saturated heterocycles. The Hall–Kier alpha value is -6.67. The first kappa shape index (κ1) is 29.1. The monoisotopic (exact) mass is 613 g/mol. The van der Waals surface area contributed by atoms with Crippen molar-refractivity contribution in [3.8, 4) is 51.6 Å². The van der Waals surface area contributed by atoms with Gasteiger partial charge in [0.1, 0.15) is 28.8 Å². The summed E-state index contributed by atoms with van der Waals surface area (Å²) < 4.78 is 0. The van der Waals surface area contributed by atoms with E-state index < -0.39 is 0 Å². The van der Waals surface area contributed by atoms with Crippen LogP contribution in [-0.2, 0) is 0 Å². The lowest BCUT2D eigenvalue weighted by Crippen LogP contribution is -1.97. The van der Waals surface area contributed by atoms with Crippen molar-refractivity contribution in [3.05, 3.63) is 120 Å². The van der Waals surface area contributed by atoms with E-state index in [4.69, 9.17) is 10.2 Å². The van der Waals surface area contributed by atoms with Gasteiger partial charge in [0.15, 0.2) is 11.6 Å². The van der Waals surface area contributed by atoms with E-state index in [2.05, 4.69) is 57.0 Å². The molecule has 11 heteroatoms. The van der Waals surface area contributed by atoms with Crippen LogP contribution in [0.2, 0.25) is 0 Å². The predicted molar refractivity (Wildman–Crippen MR) is 180 cm³/mol. The second kappa shape index (κ2) is 12.4. The lowest BCUT2D eigenvalue weighted by molar-refractivity contribution is 1.13. The molecule has 8 heterocycles. The van der Waals surface area contributed by atoms with Crippen molar-refractivity contribution in [1.82, 2.24) is 49.8 Å². The van der Waals surface area contributed by atoms with Gasteiger partial charge in [-0.05, 0) is 74.9 Å². The normalized spacial score (nSPS) is 10.9. The number of hydrogen-bond acceptors (Lipinski definition) is 9. The van der Waals surface area contributed by atoms with Gasteiger partial charge in [0, 0.05) is 70.5 Å². The molecule has 226 valence electrons. The smallest absolute Gasteiger partial charge is 0.180 e. The molecule has 0 bridgehead atoms. The van der Waals surface area contributed by atoms with Gasteiger partial charge in [0.25, 0.3) is 0 Å². The molecule has 0 aromatic carbocycles. The highest BCUT2D eigenvalue weighted by molar-refractivity contribution is 5.92. The first-order valence-corrected chi connectivity index (χ1v) is 14.8. The van der Waals surface area contributed by atoms with Gasteiger partial charge >= 0.3 is 0 Å². The number of aryl methyl sites for hydroxylation is 3. The average molecular weight is 614 g/mol. The zero-order chi connectivity index (χ0) is 32.3. The molecule has 8 aromatic heterocycles. The van der Waals surface area contributed by atoms with E-state index in [0.29, 0.717) is 22.9 Å². The summed E-state index contributed by atoms with van der Waals surface area (Å²) in [4.78, 5) is 42.3. The van der Waals surface area contributed by atoms with E-state index in [0.717, 1.165) is 67.2 Å². The molecule has 0 amide bonds. The minimum atomic E-state index is 0.491. The fourth-order valence-corrected chi connectivity index (χ4v) is 5.20. The summed E-state index contributed by atoms with van der Waals surface area (Å²) in [6.45, 7) is 5.91. The molecule has 0 atom stereocenters. The van der Waals surface area contributed by atoms with Gasteiger partial charge in [0.05, 0.1) is 17.0 Å². The van der Waals surface area contributed by atoms with Crippen LogP contribution in [0.15, 0.2) is 97.8 Å². The van der Waals surface area contributed by atoms with Crippen molar-refractivity contribution < 1.29 is 0 Å². The molecule has 11 nitrogen and oxygen atoms in total. The number of nitrogens with zero attached hydrogens (tertiary/aromatic N) is 9. The number of pyridine rings is 4. The highest BCUT2D eigenvalue weighted by Crippen LogP contribution is 2.29. The molecular weight excluding hydrogens is 586 g/mol. The number of aromatic nitrogens is 10. The molecule has 0 radical (unpaired) electrons. The van der Waals surface area contributed by atoms with Crippen molar-refractivity contribution in [2.45, 2.75) is 20.8 Å². The van der Waals surface area contributed by atoms with Crippen LogP contribution in [0.25, 0.3) is 67.6 Å². The van der Waals surface area contributed by atoms with Gasteiger partial charge in [0.2, 0.25) is 0 Å². The summed E-state index contributed by atoms with van der Waals surface area (Å²) in [5.41, 5.74) is 9.77. The first-order valence-electron chi connectivity index (χ1n) is 14.8. The van der Waals surface area contributed by atoms with Crippen molar-refractivity contribution in [1.29, 1.82) is 5.26 Å². The summed E-state index contributed by atoms with van der Waals surface area (Å²) >= 11 is 0. The third kappa shape index (κ3) is 6.03. The molecule has 0 aliphatic heterocycles. The third-order valence-corrected chi connectivity index (χ3v) is 7.36. The van der Waals surface area contributed by atoms with Crippen LogP contribution in [0.1, 0.15) is 22.5 Å². The lowest BCUT2D eigenvalue weighted by Gasteiger charge is -2.07. The number of aromatic amines is 2. The van der Waals surface area contributed by atoms with Crippen LogP contribution in [0, 0.1) is 32.1 Å². The Morgan fingerprint density at radius 3 is 1.62 bits per heavy atom. The van der Waals surface area contributed by atoms with Crippen LogP contribution in [-0.4, -0.2) is 49.8 Å². The molecule has 0 aliphatic carbocycles. The highest BCUT2D eigenvalue weighted by atomic mass is 15.0. The Labute approximate surface area is 269 Å². The molecule has 0 spiro atoms. The van der Waals surface area contributed by atoms with Gasteiger partial charge < -0.3 is 9.97 Å². The summed E-state index contributed by atoms with van der Waals surface area (Å²) in [6.07, 6.45) is 10.6. The van der Waals surface area contributed by atoms with E-state index in [1.165, 1.54) is 6.20 Å². The van der Waals surface area contributed by atoms with Crippen LogP contribution in [0.3, 0.4) is 0 Å². The van der Waals surface area contributed by atoms with E-state index in [1.807, 2.05) is 94.1 Å². The summed E-state index contributed by atoms with van der Waals surface area (Å²) in [5, 5.41) is 11.0. The summed E-state index contributed by atoms with van der Waals surface area (Å²) in [5.74, 6) is 1.14. The first-order chi connectivity index (χ1) is 22.9. The third-order valence-electron chi connectivity index (χ3n) is 7.36. The fourth-order valence-electron chi connectivity index (χ4n) is 5.20. The quantitative estimate of drug-likeness (QED) is 0.214. The maximum absolute atomic E-state index is 9.11. The molecule has 0 unspecified atom stereocenters. The minimum absolute atomic E-state index is 0.491. The van der Waals surface area contributed by atoms with Crippen molar-refractivity contribution >= 4 is 22.1 Å². The summed E-state index contributed by atoms with van der Waals surface area (Å²) in [6, 6.07) is 21.4. The average Bonchev–Trinajstić information content (AvgIpc) is 3.78. The van der Waals surface area contributed by atoms with Crippen molar-refractivity contribution in [2.24, 2.45) is 0 Å². The van der Waals surface area contributed by atoms with Gasteiger partial charge in [-0.1, -0.05) is 12.1 Å². The van der Waals surface area contributed by atoms with Gasteiger partial charge in [-0.2, -0.15) is 5.26 Å². The van der Waals surface area contributed by atoms with Crippen LogP contribution in [0.5, 0.6) is 0 Å². The molecule has 8 rings (SSSR count).